The van der Waals surface area contributed by atoms with Crippen molar-refractivity contribution in [3.63, 3.8) is 0 Å². The van der Waals surface area contributed by atoms with Crippen LogP contribution in [0.4, 0.5) is 19.3 Å². The number of nitrogens with zero attached hydrogens (tertiary/aromatic N) is 3. The van der Waals surface area contributed by atoms with E-state index in [2.05, 4.69) is 25.6 Å². The molecule has 0 saturated heterocycles. The molecule has 0 unspecified atom stereocenters. The van der Waals surface area contributed by atoms with Gasteiger partial charge in [0.05, 0.1) is 11.7 Å². The van der Waals surface area contributed by atoms with Crippen LogP contribution in [0.5, 0.6) is 5.75 Å². The Bertz CT molecular complexity index is 734. The lowest BCUT2D eigenvalue weighted by atomic mass is 10.1. The highest BCUT2D eigenvalue weighted by molar-refractivity contribution is 5.91. The number of halogens is 2. The van der Waals surface area contributed by atoms with Gasteiger partial charge < -0.3 is 19.9 Å². The topological polar surface area (TPSA) is 81.1 Å². The lowest BCUT2D eigenvalue weighted by molar-refractivity contribution is -0.0493. The number of hydrogen-bond donors (Lipinski definition) is 2. The maximum absolute atomic E-state index is 12.4. The summed E-state index contributed by atoms with van der Waals surface area (Å²) in [6.07, 6.45) is 1.63. The predicted octanol–water partition coefficient (Wildman–Crippen LogP) is 2.84. The van der Waals surface area contributed by atoms with E-state index in [-0.39, 0.29) is 17.5 Å². The van der Waals surface area contributed by atoms with Crippen LogP contribution in [-0.2, 0) is 6.54 Å². The Labute approximate surface area is 137 Å². The van der Waals surface area contributed by atoms with Crippen molar-refractivity contribution in [3.8, 4) is 5.75 Å². The molecule has 1 aliphatic heterocycles. The second kappa shape index (κ2) is 6.81. The van der Waals surface area contributed by atoms with Gasteiger partial charge in [0.25, 0.3) is 0 Å². The number of anilines is 1. The molecule has 1 aliphatic rings. The Morgan fingerprint density at radius 1 is 1.38 bits per heavy atom. The first-order valence-electron chi connectivity index (χ1n) is 7.55. The molecule has 0 bridgehead atoms. The largest absolute Gasteiger partial charge is 0.433 e. The summed E-state index contributed by atoms with van der Waals surface area (Å²) in [7, 11) is 0. The number of aryl methyl sites for hydroxylation is 1. The molecule has 1 aromatic carbocycles. The summed E-state index contributed by atoms with van der Waals surface area (Å²) >= 11 is 0. The first-order chi connectivity index (χ1) is 11.5. The van der Waals surface area contributed by atoms with Crippen LogP contribution in [0.2, 0.25) is 0 Å². The smallest absolute Gasteiger partial charge is 0.387 e. The van der Waals surface area contributed by atoms with Crippen LogP contribution in [0.25, 0.3) is 0 Å². The average Bonchev–Trinajstić information content (AvgIpc) is 2.91. The highest BCUT2D eigenvalue weighted by Crippen LogP contribution is 2.27. The number of benzene rings is 1. The van der Waals surface area contributed by atoms with Crippen LogP contribution >= 0.6 is 0 Å². The fraction of sp³-hybridized carbons (Fsp3) is 0.400. The molecule has 128 valence electrons. The summed E-state index contributed by atoms with van der Waals surface area (Å²) in [6.45, 7) is -0.286. The highest BCUT2D eigenvalue weighted by Gasteiger charge is 2.25. The third-order valence-electron chi connectivity index (χ3n) is 3.81. The molecule has 0 radical (unpaired) electrons. The van der Waals surface area contributed by atoms with E-state index in [1.54, 1.807) is 12.1 Å². The average molecular weight is 337 g/mol. The van der Waals surface area contributed by atoms with E-state index < -0.39 is 12.6 Å². The molecule has 2 amide bonds. The van der Waals surface area contributed by atoms with Gasteiger partial charge in [0, 0.05) is 6.54 Å². The molecule has 0 fully saturated rings. The molecule has 7 nitrogen and oxygen atoms in total. The fourth-order valence-corrected chi connectivity index (χ4v) is 2.74. The number of carbonyl (C=O) groups is 1. The number of nitrogens with one attached hydrogen (secondary N) is 2. The van der Waals surface area contributed by atoms with Gasteiger partial charge in [-0.05, 0) is 31.9 Å². The number of amides is 2. The van der Waals surface area contributed by atoms with Gasteiger partial charge in [-0.1, -0.05) is 12.1 Å². The SMILES string of the molecule is Cc1nnc2n1CCC[C@@H]2NC(=O)Nc1ccccc1OC(F)F. The number of para-hydroxylation sites is 2. The van der Waals surface area contributed by atoms with Gasteiger partial charge in [-0.3, -0.25) is 0 Å². The molecule has 3 rings (SSSR count). The third kappa shape index (κ3) is 3.44. The fourth-order valence-electron chi connectivity index (χ4n) is 2.74. The van der Waals surface area contributed by atoms with Gasteiger partial charge in [-0.15, -0.1) is 10.2 Å². The zero-order chi connectivity index (χ0) is 17.1. The van der Waals surface area contributed by atoms with Crippen LogP contribution in [0, 0.1) is 6.92 Å². The van der Waals surface area contributed by atoms with Crippen molar-refractivity contribution in [1.82, 2.24) is 20.1 Å². The monoisotopic (exact) mass is 337 g/mol. The van der Waals surface area contributed by atoms with Crippen LogP contribution < -0.4 is 15.4 Å². The molecule has 0 spiro atoms. The summed E-state index contributed by atoms with van der Waals surface area (Å²) in [5.74, 6) is 1.41. The first kappa shape index (κ1) is 16.2. The van der Waals surface area contributed by atoms with Crippen molar-refractivity contribution in [2.45, 2.75) is 39.0 Å². The van der Waals surface area contributed by atoms with Crippen LogP contribution in [0.1, 0.15) is 30.5 Å². The summed E-state index contributed by atoms with van der Waals surface area (Å²) in [5, 5.41) is 13.5. The molecule has 0 aliphatic carbocycles. The minimum absolute atomic E-state index is 0.0923. The normalized spacial score (nSPS) is 16.6. The van der Waals surface area contributed by atoms with Crippen molar-refractivity contribution >= 4 is 11.7 Å². The second-order valence-corrected chi connectivity index (χ2v) is 5.42. The van der Waals surface area contributed by atoms with Crippen LogP contribution in [0.3, 0.4) is 0 Å². The standard InChI is InChI=1S/C15H17F2N5O2/c1-9-20-21-13-11(6-4-8-22(9)13)19-15(23)18-10-5-2-3-7-12(10)24-14(16)17/h2-3,5,7,11,14H,4,6,8H2,1H3,(H2,18,19,23)/t11-/m0/s1. The van der Waals surface area contributed by atoms with Crippen molar-refractivity contribution in [1.29, 1.82) is 0 Å². The number of alkyl halides is 2. The van der Waals surface area contributed by atoms with Gasteiger partial charge in [0.15, 0.2) is 5.82 Å². The van der Waals surface area contributed by atoms with E-state index in [0.29, 0.717) is 5.82 Å². The first-order valence-corrected chi connectivity index (χ1v) is 7.55. The van der Waals surface area contributed by atoms with Crippen LogP contribution in [-0.4, -0.2) is 27.4 Å². The third-order valence-corrected chi connectivity index (χ3v) is 3.81. The Kier molecular flexibility index (Phi) is 4.59. The summed E-state index contributed by atoms with van der Waals surface area (Å²) in [5.41, 5.74) is 0.170. The number of fused-ring (bicyclic) bond motifs is 1. The number of ether oxygens (including phenoxy) is 1. The lowest BCUT2D eigenvalue weighted by Gasteiger charge is -2.24. The minimum Gasteiger partial charge on any atom is -0.433 e. The number of aromatic nitrogens is 3. The van der Waals surface area contributed by atoms with E-state index in [1.165, 1.54) is 12.1 Å². The summed E-state index contributed by atoms with van der Waals surface area (Å²) in [4.78, 5) is 12.2. The van der Waals surface area contributed by atoms with Gasteiger partial charge in [-0.2, -0.15) is 8.78 Å². The Morgan fingerprint density at radius 2 is 2.17 bits per heavy atom. The number of rotatable bonds is 4. The molecule has 9 heteroatoms. The zero-order valence-electron chi connectivity index (χ0n) is 13.0. The lowest BCUT2D eigenvalue weighted by Crippen LogP contribution is -2.36. The van der Waals surface area contributed by atoms with Gasteiger partial charge in [-0.25, -0.2) is 4.79 Å². The van der Waals surface area contributed by atoms with Crippen molar-refractivity contribution in [2.75, 3.05) is 5.32 Å². The van der Waals surface area contributed by atoms with E-state index in [0.717, 1.165) is 25.2 Å². The molecule has 1 atom stereocenters. The molecule has 2 aromatic rings. The molecular weight excluding hydrogens is 320 g/mol. The number of hydrogen-bond acceptors (Lipinski definition) is 4. The van der Waals surface area contributed by atoms with E-state index >= 15 is 0 Å². The maximum atomic E-state index is 12.4. The minimum atomic E-state index is -2.96. The maximum Gasteiger partial charge on any atom is 0.387 e. The summed E-state index contributed by atoms with van der Waals surface area (Å²) < 4.78 is 31.2. The highest BCUT2D eigenvalue weighted by atomic mass is 19.3. The quantitative estimate of drug-likeness (QED) is 0.899. The van der Waals surface area contributed by atoms with Crippen molar-refractivity contribution in [2.24, 2.45) is 0 Å². The van der Waals surface area contributed by atoms with E-state index in [1.807, 2.05) is 11.5 Å². The molecule has 1 aromatic heterocycles. The van der Waals surface area contributed by atoms with Crippen LogP contribution in [0.15, 0.2) is 24.3 Å². The van der Waals surface area contributed by atoms with Gasteiger partial charge in [0.1, 0.15) is 11.6 Å². The van der Waals surface area contributed by atoms with Gasteiger partial charge >= 0.3 is 12.6 Å². The van der Waals surface area contributed by atoms with E-state index in [9.17, 15) is 13.6 Å². The Balaban J connectivity index is 1.69. The number of urea groups is 1. The number of carbonyl (C=O) groups excluding carboxylic acids is 1. The zero-order valence-corrected chi connectivity index (χ0v) is 13.0. The molecule has 0 saturated carbocycles. The molecule has 2 N–H and O–H groups in total. The second-order valence-electron chi connectivity index (χ2n) is 5.42. The summed E-state index contributed by atoms with van der Waals surface area (Å²) in [6, 6.07) is 5.23. The molecular formula is C15H17F2N5O2. The Morgan fingerprint density at radius 3 is 2.96 bits per heavy atom. The molecule has 2 heterocycles. The van der Waals surface area contributed by atoms with Crippen molar-refractivity contribution < 1.29 is 18.3 Å². The molecule has 24 heavy (non-hydrogen) atoms. The van der Waals surface area contributed by atoms with Gasteiger partial charge in [0.2, 0.25) is 0 Å². The van der Waals surface area contributed by atoms with E-state index in [4.69, 9.17) is 0 Å². The van der Waals surface area contributed by atoms with Crippen molar-refractivity contribution in [3.05, 3.63) is 35.9 Å². The Hall–Kier alpha value is -2.71. The predicted molar refractivity (Wildman–Crippen MR) is 82.0 cm³/mol.